The second-order valence-electron chi connectivity index (χ2n) is 6.25. The number of hydrogen-bond acceptors (Lipinski definition) is 3. The van der Waals surface area contributed by atoms with Crippen LogP contribution >= 0.6 is 11.3 Å². The maximum atomic E-state index is 4.40. The number of thiophene rings is 1. The van der Waals surface area contributed by atoms with Crippen LogP contribution in [0.2, 0.25) is 0 Å². The molecule has 0 amide bonds. The van der Waals surface area contributed by atoms with Gasteiger partial charge in [-0.25, -0.2) is 0 Å². The summed E-state index contributed by atoms with van der Waals surface area (Å²) in [6, 6.07) is 14.8. The monoisotopic (exact) mass is 296 g/mol. The van der Waals surface area contributed by atoms with E-state index < -0.39 is 0 Å². The van der Waals surface area contributed by atoms with Gasteiger partial charge in [0.1, 0.15) is 0 Å². The van der Waals surface area contributed by atoms with Gasteiger partial charge in [0.25, 0.3) is 0 Å². The minimum atomic E-state index is 0.228. The Kier molecular flexibility index (Phi) is 3.68. The maximum Gasteiger partial charge on any atom is 0.0722 e. The molecule has 2 nitrogen and oxygen atoms in total. The summed E-state index contributed by atoms with van der Waals surface area (Å²) in [6.45, 7) is 7.62. The molecule has 1 N–H and O–H groups in total. The second-order valence-corrected chi connectivity index (χ2v) is 7.41. The molecule has 1 aromatic carbocycles. The quantitative estimate of drug-likeness (QED) is 0.718. The van der Waals surface area contributed by atoms with Gasteiger partial charge in [-0.1, -0.05) is 26.8 Å². The highest BCUT2D eigenvalue weighted by atomic mass is 32.1. The number of nitrogens with zero attached hydrogens (tertiary/aromatic N) is 1. The van der Waals surface area contributed by atoms with Crippen LogP contribution in [0.1, 0.15) is 30.5 Å². The molecule has 3 heteroatoms. The Morgan fingerprint density at radius 1 is 1.05 bits per heavy atom. The molecule has 3 aromatic rings. The summed E-state index contributed by atoms with van der Waals surface area (Å²) in [4.78, 5) is 7.19. The van der Waals surface area contributed by atoms with Gasteiger partial charge in [0.2, 0.25) is 0 Å². The summed E-state index contributed by atoms with van der Waals surface area (Å²) in [7, 11) is 0. The molecule has 0 fully saturated rings. The van der Waals surface area contributed by atoms with Crippen molar-refractivity contribution in [1.29, 1.82) is 0 Å². The van der Waals surface area contributed by atoms with Crippen molar-refractivity contribution in [3.63, 3.8) is 0 Å². The Labute approximate surface area is 129 Å². The molecule has 0 spiro atoms. The fourth-order valence-corrected chi connectivity index (χ4v) is 3.32. The van der Waals surface area contributed by atoms with Gasteiger partial charge in [0, 0.05) is 33.6 Å². The predicted octanol–water partition coefficient (Wildman–Crippen LogP) is 5.21. The van der Waals surface area contributed by atoms with Crippen molar-refractivity contribution in [2.45, 2.75) is 32.7 Å². The lowest BCUT2D eigenvalue weighted by atomic mass is 9.95. The van der Waals surface area contributed by atoms with Crippen molar-refractivity contribution < 1.29 is 0 Å². The van der Waals surface area contributed by atoms with Crippen LogP contribution in [0.5, 0.6) is 0 Å². The van der Waals surface area contributed by atoms with E-state index in [1.807, 2.05) is 35.7 Å². The molecule has 2 aromatic heterocycles. The number of aromatic nitrogens is 1. The minimum Gasteiger partial charge on any atom is -0.380 e. The highest BCUT2D eigenvalue weighted by Gasteiger charge is 2.15. The van der Waals surface area contributed by atoms with Crippen molar-refractivity contribution in [1.82, 2.24) is 4.98 Å². The van der Waals surface area contributed by atoms with E-state index in [0.717, 1.165) is 17.7 Å². The molecule has 0 radical (unpaired) electrons. The fraction of sp³-hybridized carbons (Fsp3) is 0.278. The molecule has 0 bridgehead atoms. The number of hydrogen-bond donors (Lipinski definition) is 1. The van der Waals surface area contributed by atoms with Crippen molar-refractivity contribution in [3.8, 4) is 0 Å². The highest BCUT2D eigenvalue weighted by Crippen LogP contribution is 2.30. The van der Waals surface area contributed by atoms with E-state index in [-0.39, 0.29) is 5.41 Å². The van der Waals surface area contributed by atoms with Crippen LogP contribution in [0.4, 0.5) is 5.69 Å². The van der Waals surface area contributed by atoms with Crippen molar-refractivity contribution >= 4 is 27.9 Å². The molecular formula is C18H20N2S. The lowest BCUT2D eigenvalue weighted by Crippen LogP contribution is -2.07. The summed E-state index contributed by atoms with van der Waals surface area (Å²) in [5, 5.41) is 4.71. The normalized spacial score (nSPS) is 11.8. The molecule has 21 heavy (non-hydrogen) atoms. The third kappa shape index (κ3) is 3.08. The molecule has 0 saturated carbocycles. The standard InChI is InChI=1S/C18H20N2S/c1-18(2,3)17-10-9-13(21-17)12-20-16-8-4-7-15-14(16)6-5-11-19-15/h4-11,20H,12H2,1-3H3. The predicted molar refractivity (Wildman–Crippen MR) is 92.1 cm³/mol. The zero-order valence-corrected chi connectivity index (χ0v) is 13.5. The minimum absolute atomic E-state index is 0.228. The number of nitrogens with one attached hydrogen (secondary N) is 1. The van der Waals surface area contributed by atoms with Crippen molar-refractivity contribution in [2.24, 2.45) is 0 Å². The molecule has 0 atom stereocenters. The largest absolute Gasteiger partial charge is 0.380 e. The molecule has 0 unspecified atom stereocenters. The van der Waals surface area contributed by atoms with Gasteiger partial charge in [-0.05, 0) is 41.8 Å². The fourth-order valence-electron chi connectivity index (χ4n) is 2.32. The molecule has 108 valence electrons. The van der Waals surface area contributed by atoms with Gasteiger partial charge >= 0.3 is 0 Å². The maximum absolute atomic E-state index is 4.40. The lowest BCUT2D eigenvalue weighted by Gasteiger charge is -2.15. The molecule has 3 rings (SSSR count). The molecule has 0 aliphatic heterocycles. The Morgan fingerprint density at radius 2 is 1.90 bits per heavy atom. The van der Waals surface area contributed by atoms with Crippen LogP contribution in [-0.2, 0) is 12.0 Å². The molecule has 0 aliphatic rings. The Hall–Kier alpha value is -1.87. The second kappa shape index (κ2) is 5.49. The van der Waals surface area contributed by atoms with Gasteiger partial charge in [0.15, 0.2) is 0 Å². The van der Waals surface area contributed by atoms with Crippen LogP contribution in [0, 0.1) is 0 Å². The van der Waals surface area contributed by atoms with E-state index in [1.54, 1.807) is 0 Å². The smallest absolute Gasteiger partial charge is 0.0722 e. The number of rotatable bonds is 3. The van der Waals surface area contributed by atoms with Gasteiger partial charge in [-0.15, -0.1) is 11.3 Å². The van der Waals surface area contributed by atoms with Gasteiger partial charge < -0.3 is 5.32 Å². The third-order valence-corrected chi connectivity index (χ3v) is 5.01. The zero-order chi connectivity index (χ0) is 14.9. The molecule has 2 heterocycles. The number of anilines is 1. The lowest BCUT2D eigenvalue weighted by molar-refractivity contribution is 0.604. The molecule has 0 saturated heterocycles. The SMILES string of the molecule is CC(C)(C)c1ccc(CNc2cccc3ncccc23)s1. The van der Waals surface area contributed by atoms with Crippen molar-refractivity contribution in [2.75, 3.05) is 5.32 Å². The van der Waals surface area contributed by atoms with E-state index in [0.29, 0.717) is 0 Å². The average molecular weight is 296 g/mol. The first-order valence-electron chi connectivity index (χ1n) is 7.21. The number of pyridine rings is 1. The summed E-state index contributed by atoms with van der Waals surface area (Å²) in [5.74, 6) is 0. The van der Waals surface area contributed by atoms with Crippen molar-refractivity contribution in [3.05, 3.63) is 58.4 Å². The average Bonchev–Trinajstić information content (AvgIpc) is 2.94. The summed E-state index contributed by atoms with van der Waals surface area (Å²) >= 11 is 1.89. The Bertz CT molecular complexity index is 748. The Balaban J connectivity index is 1.79. The molecule has 0 aliphatic carbocycles. The Morgan fingerprint density at radius 3 is 2.67 bits per heavy atom. The highest BCUT2D eigenvalue weighted by molar-refractivity contribution is 7.12. The van der Waals surface area contributed by atoms with Gasteiger partial charge in [0.05, 0.1) is 5.52 Å². The van der Waals surface area contributed by atoms with Crippen LogP contribution in [-0.4, -0.2) is 4.98 Å². The van der Waals surface area contributed by atoms with E-state index >= 15 is 0 Å². The first-order valence-corrected chi connectivity index (χ1v) is 8.02. The number of benzene rings is 1. The van der Waals surface area contributed by atoms with Crippen LogP contribution < -0.4 is 5.32 Å². The van der Waals surface area contributed by atoms with E-state index in [4.69, 9.17) is 0 Å². The van der Waals surface area contributed by atoms with E-state index in [9.17, 15) is 0 Å². The number of fused-ring (bicyclic) bond motifs is 1. The summed E-state index contributed by atoms with van der Waals surface area (Å²) < 4.78 is 0. The summed E-state index contributed by atoms with van der Waals surface area (Å²) in [5.41, 5.74) is 2.40. The van der Waals surface area contributed by atoms with Gasteiger partial charge in [-0.3, -0.25) is 4.98 Å². The van der Waals surface area contributed by atoms with Crippen LogP contribution in [0.25, 0.3) is 10.9 Å². The molecular weight excluding hydrogens is 276 g/mol. The zero-order valence-electron chi connectivity index (χ0n) is 12.7. The van der Waals surface area contributed by atoms with Crippen LogP contribution in [0.3, 0.4) is 0 Å². The topological polar surface area (TPSA) is 24.9 Å². The van der Waals surface area contributed by atoms with Crippen LogP contribution in [0.15, 0.2) is 48.7 Å². The van der Waals surface area contributed by atoms with E-state index in [1.165, 1.54) is 15.1 Å². The third-order valence-electron chi connectivity index (χ3n) is 3.50. The summed E-state index contributed by atoms with van der Waals surface area (Å²) in [6.07, 6.45) is 1.83. The first-order chi connectivity index (χ1) is 10.0. The van der Waals surface area contributed by atoms with E-state index in [2.05, 4.69) is 55.3 Å². The first kappa shape index (κ1) is 14.1. The van der Waals surface area contributed by atoms with Gasteiger partial charge in [-0.2, -0.15) is 0 Å².